The molecule has 0 bridgehead atoms. The molecule has 128 valence electrons. The molecular formula is C16H30N2O4. The van der Waals surface area contributed by atoms with Gasteiger partial charge in [0.2, 0.25) is 0 Å². The lowest BCUT2D eigenvalue weighted by atomic mass is 9.90. The fourth-order valence-electron chi connectivity index (χ4n) is 2.66. The summed E-state index contributed by atoms with van der Waals surface area (Å²) in [7, 11) is 1.41. The van der Waals surface area contributed by atoms with Crippen molar-refractivity contribution < 1.29 is 19.1 Å². The van der Waals surface area contributed by atoms with Gasteiger partial charge in [-0.15, -0.1) is 0 Å². The van der Waals surface area contributed by atoms with Gasteiger partial charge in [0, 0.05) is 12.1 Å². The molecule has 6 nitrogen and oxygen atoms in total. The minimum atomic E-state index is -0.475. The second-order valence-corrected chi connectivity index (χ2v) is 6.85. The summed E-state index contributed by atoms with van der Waals surface area (Å²) in [5.74, 6) is -0.212. The maximum Gasteiger partial charge on any atom is 0.407 e. The first-order valence-electron chi connectivity index (χ1n) is 8.08. The SMILES string of the molecule is CCC(NC1CCC(NC(=O)OC(C)(C)C)CC1)C(=O)OC. The zero-order valence-corrected chi connectivity index (χ0v) is 14.4. The number of amides is 1. The number of esters is 1. The summed E-state index contributed by atoms with van der Waals surface area (Å²) in [6.45, 7) is 7.52. The van der Waals surface area contributed by atoms with Gasteiger partial charge in [0.1, 0.15) is 11.6 Å². The molecule has 1 saturated carbocycles. The molecule has 0 heterocycles. The highest BCUT2D eigenvalue weighted by atomic mass is 16.6. The summed E-state index contributed by atoms with van der Waals surface area (Å²) < 4.78 is 10.1. The number of rotatable bonds is 5. The van der Waals surface area contributed by atoms with E-state index >= 15 is 0 Å². The normalized spacial score (nSPS) is 23.5. The van der Waals surface area contributed by atoms with Crippen molar-refractivity contribution in [3.8, 4) is 0 Å². The lowest BCUT2D eigenvalue weighted by Gasteiger charge is -2.32. The first-order chi connectivity index (χ1) is 10.2. The molecule has 0 aromatic carbocycles. The number of nitrogens with one attached hydrogen (secondary N) is 2. The molecule has 6 heteroatoms. The molecule has 0 aromatic heterocycles. The highest BCUT2D eigenvalue weighted by Crippen LogP contribution is 2.20. The maximum atomic E-state index is 11.8. The van der Waals surface area contributed by atoms with Gasteiger partial charge in [0.25, 0.3) is 0 Å². The minimum Gasteiger partial charge on any atom is -0.468 e. The molecule has 0 aliphatic heterocycles. The number of hydrogen-bond donors (Lipinski definition) is 2. The van der Waals surface area contributed by atoms with Crippen LogP contribution in [0.2, 0.25) is 0 Å². The Hall–Kier alpha value is -1.30. The van der Waals surface area contributed by atoms with Crippen molar-refractivity contribution in [2.24, 2.45) is 0 Å². The molecule has 1 aliphatic rings. The molecule has 1 unspecified atom stereocenters. The third-order valence-corrected chi connectivity index (χ3v) is 3.78. The average Bonchev–Trinajstić information content (AvgIpc) is 2.43. The lowest BCUT2D eigenvalue weighted by molar-refractivity contribution is -0.143. The average molecular weight is 314 g/mol. The molecule has 0 aromatic rings. The van der Waals surface area contributed by atoms with Crippen molar-refractivity contribution in [1.29, 1.82) is 0 Å². The number of carbonyl (C=O) groups is 2. The predicted molar refractivity (Wildman–Crippen MR) is 84.6 cm³/mol. The van der Waals surface area contributed by atoms with Gasteiger partial charge < -0.3 is 20.1 Å². The molecule has 1 aliphatic carbocycles. The number of alkyl carbamates (subject to hydrolysis) is 1. The zero-order valence-electron chi connectivity index (χ0n) is 14.4. The quantitative estimate of drug-likeness (QED) is 0.762. The third-order valence-electron chi connectivity index (χ3n) is 3.78. The van der Waals surface area contributed by atoms with Crippen LogP contribution >= 0.6 is 0 Å². The van der Waals surface area contributed by atoms with Gasteiger partial charge in [-0.25, -0.2) is 4.79 Å². The summed E-state index contributed by atoms with van der Waals surface area (Å²) in [5.41, 5.74) is -0.475. The van der Waals surface area contributed by atoms with Crippen molar-refractivity contribution in [3.63, 3.8) is 0 Å². The van der Waals surface area contributed by atoms with E-state index in [4.69, 9.17) is 9.47 Å². The van der Waals surface area contributed by atoms with Crippen LogP contribution in [0.1, 0.15) is 59.8 Å². The summed E-state index contributed by atoms with van der Waals surface area (Å²) in [4.78, 5) is 23.4. The first-order valence-corrected chi connectivity index (χ1v) is 8.08. The molecule has 0 saturated heterocycles. The second kappa shape index (κ2) is 8.36. The monoisotopic (exact) mass is 314 g/mol. The summed E-state index contributed by atoms with van der Waals surface area (Å²) in [6, 6.07) is 0.192. The highest BCUT2D eigenvalue weighted by molar-refractivity contribution is 5.75. The Morgan fingerprint density at radius 2 is 1.68 bits per heavy atom. The topological polar surface area (TPSA) is 76.7 Å². The fraction of sp³-hybridized carbons (Fsp3) is 0.875. The van der Waals surface area contributed by atoms with Gasteiger partial charge in [0.15, 0.2) is 0 Å². The van der Waals surface area contributed by atoms with Crippen LogP contribution in [0.25, 0.3) is 0 Å². The second-order valence-electron chi connectivity index (χ2n) is 6.85. The number of methoxy groups -OCH3 is 1. The van der Waals surface area contributed by atoms with Crippen LogP contribution < -0.4 is 10.6 Å². The van der Waals surface area contributed by atoms with Gasteiger partial charge in [-0.3, -0.25) is 4.79 Å². The molecule has 1 fully saturated rings. The smallest absolute Gasteiger partial charge is 0.407 e. The molecule has 2 N–H and O–H groups in total. The summed E-state index contributed by atoms with van der Waals surface area (Å²) in [6.07, 6.45) is 3.97. The number of ether oxygens (including phenoxy) is 2. The van der Waals surface area contributed by atoms with Crippen molar-refractivity contribution in [2.45, 2.75) is 83.5 Å². The molecule has 22 heavy (non-hydrogen) atoms. The minimum absolute atomic E-state index is 0.145. The molecule has 0 radical (unpaired) electrons. The zero-order chi connectivity index (χ0) is 16.8. The van der Waals surface area contributed by atoms with Crippen LogP contribution in [-0.4, -0.2) is 42.9 Å². The fourth-order valence-corrected chi connectivity index (χ4v) is 2.66. The lowest BCUT2D eigenvalue weighted by Crippen LogP contribution is -2.48. The van der Waals surface area contributed by atoms with Crippen LogP contribution in [0.4, 0.5) is 4.79 Å². The third kappa shape index (κ3) is 6.64. The van der Waals surface area contributed by atoms with Gasteiger partial charge in [0.05, 0.1) is 7.11 Å². The van der Waals surface area contributed by atoms with Crippen molar-refractivity contribution >= 4 is 12.1 Å². The van der Waals surface area contributed by atoms with Crippen molar-refractivity contribution in [1.82, 2.24) is 10.6 Å². The van der Waals surface area contributed by atoms with E-state index in [9.17, 15) is 9.59 Å². The van der Waals surface area contributed by atoms with Crippen molar-refractivity contribution in [2.75, 3.05) is 7.11 Å². The van der Waals surface area contributed by atoms with E-state index in [1.165, 1.54) is 7.11 Å². The van der Waals surface area contributed by atoms with Crippen molar-refractivity contribution in [3.05, 3.63) is 0 Å². The Morgan fingerprint density at radius 1 is 1.14 bits per heavy atom. The van der Waals surface area contributed by atoms with E-state index in [0.717, 1.165) is 25.7 Å². The largest absolute Gasteiger partial charge is 0.468 e. The van der Waals surface area contributed by atoms with E-state index in [2.05, 4.69) is 10.6 Å². The van der Waals surface area contributed by atoms with Gasteiger partial charge in [-0.2, -0.15) is 0 Å². The van der Waals surface area contributed by atoms with Gasteiger partial charge in [-0.1, -0.05) is 6.92 Å². The Kier molecular flexibility index (Phi) is 7.13. The van der Waals surface area contributed by atoms with E-state index in [1.807, 2.05) is 27.7 Å². The molecule has 0 spiro atoms. The van der Waals surface area contributed by atoms with E-state index in [1.54, 1.807) is 0 Å². The highest BCUT2D eigenvalue weighted by Gasteiger charge is 2.27. The van der Waals surface area contributed by atoms with E-state index < -0.39 is 5.60 Å². The van der Waals surface area contributed by atoms with Gasteiger partial charge >= 0.3 is 12.1 Å². The van der Waals surface area contributed by atoms with E-state index in [0.29, 0.717) is 12.5 Å². The Bertz CT molecular complexity index is 371. The predicted octanol–water partition coefficient (Wildman–Crippen LogP) is 2.36. The van der Waals surface area contributed by atoms with Crippen LogP contribution in [-0.2, 0) is 14.3 Å². The molecule has 1 rings (SSSR count). The maximum absolute atomic E-state index is 11.8. The van der Waals surface area contributed by atoms with Crippen LogP contribution in [0, 0.1) is 0 Å². The molecule has 1 atom stereocenters. The summed E-state index contributed by atoms with van der Waals surface area (Å²) >= 11 is 0. The number of carbonyl (C=O) groups excluding carboxylic acids is 2. The van der Waals surface area contributed by atoms with Gasteiger partial charge in [-0.05, 0) is 52.9 Å². The summed E-state index contributed by atoms with van der Waals surface area (Å²) in [5, 5.41) is 6.27. The Morgan fingerprint density at radius 3 is 2.14 bits per heavy atom. The molecular weight excluding hydrogens is 284 g/mol. The van der Waals surface area contributed by atoms with Crippen LogP contribution in [0.15, 0.2) is 0 Å². The van der Waals surface area contributed by atoms with Crippen LogP contribution in [0.5, 0.6) is 0 Å². The number of hydrogen-bond acceptors (Lipinski definition) is 5. The first kappa shape index (κ1) is 18.7. The van der Waals surface area contributed by atoms with E-state index in [-0.39, 0.29) is 24.1 Å². The Labute approximate surface area is 133 Å². The Balaban J connectivity index is 2.34. The van der Waals surface area contributed by atoms with Crippen LogP contribution in [0.3, 0.4) is 0 Å². The molecule has 1 amide bonds. The standard InChI is InChI=1S/C16H30N2O4/c1-6-13(14(19)21-5)17-11-7-9-12(10-8-11)18-15(20)22-16(2,3)4/h11-13,17H,6-10H2,1-5H3,(H,18,20).